The Bertz CT molecular complexity index is 228. The second-order valence-corrected chi connectivity index (χ2v) is 5.18. The van der Waals surface area contributed by atoms with Crippen molar-refractivity contribution >= 4 is 5.91 Å². The van der Waals surface area contributed by atoms with Crippen LogP contribution < -0.4 is 5.73 Å². The minimum atomic E-state index is -0.0986. The van der Waals surface area contributed by atoms with Crippen LogP contribution in [0.1, 0.15) is 52.9 Å². The Morgan fingerprint density at radius 2 is 1.75 bits per heavy atom. The molecule has 0 aliphatic carbocycles. The molecule has 0 bridgehead atoms. The van der Waals surface area contributed by atoms with E-state index in [0.717, 1.165) is 45.2 Å². The van der Waals surface area contributed by atoms with Crippen LogP contribution in [0.2, 0.25) is 0 Å². The van der Waals surface area contributed by atoms with Gasteiger partial charge in [-0.05, 0) is 19.3 Å². The number of amides is 1. The molecule has 3 heteroatoms. The van der Waals surface area contributed by atoms with Gasteiger partial charge in [-0.15, -0.1) is 0 Å². The first kappa shape index (κ1) is 13.5. The van der Waals surface area contributed by atoms with Gasteiger partial charge in [0.1, 0.15) is 0 Å². The Labute approximate surface area is 99.4 Å². The fraction of sp³-hybridized carbons (Fsp3) is 0.923. The molecule has 1 rings (SSSR count). The van der Waals surface area contributed by atoms with Crippen LogP contribution in [-0.2, 0) is 4.79 Å². The van der Waals surface area contributed by atoms with E-state index in [4.69, 9.17) is 5.73 Å². The zero-order valence-electron chi connectivity index (χ0n) is 11.0. The lowest BCUT2D eigenvalue weighted by Crippen LogP contribution is -2.68. The number of nitrogens with two attached hydrogens (primary N) is 1. The van der Waals surface area contributed by atoms with E-state index in [1.807, 2.05) is 4.90 Å². The summed E-state index contributed by atoms with van der Waals surface area (Å²) in [6.07, 6.45) is 5.18. The van der Waals surface area contributed by atoms with Gasteiger partial charge in [0.05, 0.1) is 5.54 Å². The average Bonchev–Trinajstić information content (AvgIpc) is 2.23. The molecule has 16 heavy (non-hydrogen) atoms. The van der Waals surface area contributed by atoms with E-state index in [-0.39, 0.29) is 11.5 Å². The van der Waals surface area contributed by atoms with Crippen molar-refractivity contribution in [3.63, 3.8) is 0 Å². The third-order valence-electron chi connectivity index (χ3n) is 3.65. The molecule has 3 nitrogen and oxygen atoms in total. The Morgan fingerprint density at radius 3 is 2.12 bits per heavy atom. The molecule has 1 aliphatic heterocycles. The minimum absolute atomic E-state index is 0.0986. The van der Waals surface area contributed by atoms with Crippen LogP contribution in [0.5, 0.6) is 0 Å². The highest BCUT2D eigenvalue weighted by molar-refractivity contribution is 5.80. The molecule has 0 atom stereocenters. The largest absolute Gasteiger partial charge is 0.339 e. The number of hydrogen-bond donors (Lipinski definition) is 1. The first-order valence-corrected chi connectivity index (χ1v) is 6.64. The molecule has 0 unspecified atom stereocenters. The van der Waals surface area contributed by atoms with E-state index in [1.54, 1.807) is 0 Å². The summed E-state index contributed by atoms with van der Waals surface area (Å²) < 4.78 is 0. The number of hydrogen-bond acceptors (Lipinski definition) is 2. The minimum Gasteiger partial charge on any atom is -0.339 e. The summed E-state index contributed by atoms with van der Waals surface area (Å²) >= 11 is 0. The second kappa shape index (κ2) is 5.67. The quantitative estimate of drug-likeness (QED) is 0.754. The van der Waals surface area contributed by atoms with Gasteiger partial charge in [0.15, 0.2) is 0 Å². The molecule has 1 fully saturated rings. The second-order valence-electron chi connectivity index (χ2n) is 5.18. The topological polar surface area (TPSA) is 46.3 Å². The number of carbonyl (C=O) groups is 1. The maximum absolute atomic E-state index is 12.2. The summed E-state index contributed by atoms with van der Waals surface area (Å²) in [5.74, 6) is 0.564. The van der Waals surface area contributed by atoms with Crippen LogP contribution in [0.15, 0.2) is 0 Å². The van der Waals surface area contributed by atoms with Gasteiger partial charge < -0.3 is 10.6 Å². The van der Waals surface area contributed by atoms with Gasteiger partial charge in [-0.25, -0.2) is 0 Å². The molecule has 0 spiro atoms. The fourth-order valence-electron chi connectivity index (χ4n) is 2.44. The summed E-state index contributed by atoms with van der Waals surface area (Å²) in [5, 5.41) is 0. The lowest BCUT2D eigenvalue weighted by atomic mass is 9.86. The zero-order valence-corrected chi connectivity index (χ0v) is 11.0. The lowest BCUT2D eigenvalue weighted by Gasteiger charge is -2.48. The van der Waals surface area contributed by atoms with Crippen molar-refractivity contribution in [2.45, 2.75) is 58.4 Å². The van der Waals surface area contributed by atoms with Crippen LogP contribution in [-0.4, -0.2) is 29.4 Å². The molecule has 0 aromatic rings. The molecule has 0 saturated carbocycles. The highest BCUT2D eigenvalue weighted by Gasteiger charge is 2.41. The number of carbonyl (C=O) groups excluding carboxylic acids is 1. The molecule has 1 heterocycles. The highest BCUT2D eigenvalue weighted by atomic mass is 16.2. The van der Waals surface area contributed by atoms with E-state index in [2.05, 4.69) is 20.8 Å². The Hall–Kier alpha value is -0.570. The highest BCUT2D eigenvalue weighted by Crippen LogP contribution is 2.26. The SMILES string of the molecule is CCCC(CCC)C(=O)N1CC(N)(CC)C1. The van der Waals surface area contributed by atoms with Crippen molar-refractivity contribution in [3.05, 3.63) is 0 Å². The van der Waals surface area contributed by atoms with E-state index < -0.39 is 0 Å². The van der Waals surface area contributed by atoms with Crippen molar-refractivity contribution in [3.8, 4) is 0 Å². The number of rotatable bonds is 6. The van der Waals surface area contributed by atoms with Crippen LogP contribution in [0.4, 0.5) is 0 Å². The van der Waals surface area contributed by atoms with E-state index in [9.17, 15) is 4.79 Å². The molecular weight excluding hydrogens is 200 g/mol. The average molecular weight is 226 g/mol. The third-order valence-corrected chi connectivity index (χ3v) is 3.65. The van der Waals surface area contributed by atoms with Crippen molar-refractivity contribution < 1.29 is 4.79 Å². The lowest BCUT2D eigenvalue weighted by molar-refractivity contribution is -0.143. The standard InChI is InChI=1S/C13H26N2O/c1-4-7-11(8-5-2)12(16)15-9-13(14,6-3)10-15/h11H,4-10,14H2,1-3H3. The first-order chi connectivity index (χ1) is 7.56. The summed E-state index contributed by atoms with van der Waals surface area (Å²) in [4.78, 5) is 14.1. The molecule has 0 radical (unpaired) electrons. The third kappa shape index (κ3) is 2.97. The predicted molar refractivity (Wildman–Crippen MR) is 67.1 cm³/mol. The predicted octanol–water partition coefficient (Wildman–Crippen LogP) is 2.15. The summed E-state index contributed by atoms with van der Waals surface area (Å²) in [6.45, 7) is 7.90. The summed E-state index contributed by atoms with van der Waals surface area (Å²) in [6, 6.07) is 0. The maximum atomic E-state index is 12.2. The van der Waals surface area contributed by atoms with Gasteiger partial charge in [-0.3, -0.25) is 4.79 Å². The van der Waals surface area contributed by atoms with Gasteiger partial charge in [-0.2, -0.15) is 0 Å². The Kier molecular flexibility index (Phi) is 4.78. The zero-order chi connectivity index (χ0) is 12.2. The van der Waals surface area contributed by atoms with Gasteiger partial charge in [0, 0.05) is 19.0 Å². The van der Waals surface area contributed by atoms with E-state index >= 15 is 0 Å². The van der Waals surface area contributed by atoms with Crippen molar-refractivity contribution in [1.82, 2.24) is 4.90 Å². The van der Waals surface area contributed by atoms with Crippen molar-refractivity contribution in [1.29, 1.82) is 0 Å². The molecule has 1 amide bonds. The molecule has 0 aromatic heterocycles. The molecule has 1 aliphatic rings. The maximum Gasteiger partial charge on any atom is 0.225 e. The van der Waals surface area contributed by atoms with E-state index in [0.29, 0.717) is 5.91 Å². The van der Waals surface area contributed by atoms with Gasteiger partial charge in [-0.1, -0.05) is 33.6 Å². The smallest absolute Gasteiger partial charge is 0.225 e. The summed E-state index contributed by atoms with van der Waals surface area (Å²) in [7, 11) is 0. The Balaban J connectivity index is 2.44. The summed E-state index contributed by atoms with van der Waals surface area (Å²) in [5.41, 5.74) is 5.99. The van der Waals surface area contributed by atoms with E-state index in [1.165, 1.54) is 0 Å². The van der Waals surface area contributed by atoms with Gasteiger partial charge in [0.2, 0.25) is 5.91 Å². The Morgan fingerprint density at radius 1 is 1.25 bits per heavy atom. The monoisotopic (exact) mass is 226 g/mol. The van der Waals surface area contributed by atoms with Crippen LogP contribution in [0.25, 0.3) is 0 Å². The van der Waals surface area contributed by atoms with Gasteiger partial charge >= 0.3 is 0 Å². The molecular formula is C13H26N2O. The van der Waals surface area contributed by atoms with Crippen LogP contribution in [0, 0.1) is 5.92 Å². The molecule has 0 aromatic carbocycles. The first-order valence-electron chi connectivity index (χ1n) is 6.64. The number of nitrogens with zero attached hydrogens (tertiary/aromatic N) is 1. The molecule has 2 N–H and O–H groups in total. The normalized spacial score (nSPS) is 18.7. The molecule has 94 valence electrons. The van der Waals surface area contributed by atoms with Crippen molar-refractivity contribution in [2.75, 3.05) is 13.1 Å². The number of likely N-dealkylation sites (tertiary alicyclic amines) is 1. The van der Waals surface area contributed by atoms with Crippen LogP contribution >= 0.6 is 0 Å². The molecule has 1 saturated heterocycles. The van der Waals surface area contributed by atoms with Gasteiger partial charge in [0.25, 0.3) is 0 Å². The van der Waals surface area contributed by atoms with Crippen molar-refractivity contribution in [2.24, 2.45) is 11.7 Å². The van der Waals surface area contributed by atoms with Crippen LogP contribution in [0.3, 0.4) is 0 Å². The fourth-order valence-corrected chi connectivity index (χ4v) is 2.44.